The highest BCUT2D eigenvalue weighted by Gasteiger charge is 2.07. The average Bonchev–Trinajstić information content (AvgIpc) is 2.45. The van der Waals surface area contributed by atoms with Crippen molar-refractivity contribution in [3.8, 4) is 0 Å². The van der Waals surface area contributed by atoms with Gasteiger partial charge in [0.15, 0.2) is 0 Å². The zero-order valence-electron chi connectivity index (χ0n) is 11.6. The standard InChI is InChI=1S/C16H16ClNO2S/c1-21(20)11-12-5-4-7-13(9-12)16(19)18-10-14-6-2-3-8-15(14)17/h2-9H,10-11H2,1H3,(H,18,19). The molecule has 2 aromatic carbocycles. The lowest BCUT2D eigenvalue weighted by Gasteiger charge is -2.08. The Kier molecular flexibility index (Phi) is 5.53. The Balaban J connectivity index is 2.03. The summed E-state index contributed by atoms with van der Waals surface area (Å²) in [4.78, 5) is 12.1. The van der Waals surface area contributed by atoms with Crippen molar-refractivity contribution < 1.29 is 9.00 Å². The van der Waals surface area contributed by atoms with E-state index in [0.717, 1.165) is 11.1 Å². The largest absolute Gasteiger partial charge is 0.348 e. The molecule has 110 valence electrons. The van der Waals surface area contributed by atoms with Crippen LogP contribution in [0.15, 0.2) is 48.5 Å². The van der Waals surface area contributed by atoms with Gasteiger partial charge in [-0.2, -0.15) is 0 Å². The van der Waals surface area contributed by atoms with E-state index in [4.69, 9.17) is 11.6 Å². The summed E-state index contributed by atoms with van der Waals surface area (Å²) < 4.78 is 11.2. The molecule has 1 atom stereocenters. The summed E-state index contributed by atoms with van der Waals surface area (Å²) in [5.74, 6) is 0.282. The summed E-state index contributed by atoms with van der Waals surface area (Å²) in [6.07, 6.45) is 1.64. The van der Waals surface area contributed by atoms with Crippen molar-refractivity contribution in [3.05, 3.63) is 70.2 Å². The molecule has 0 aliphatic carbocycles. The van der Waals surface area contributed by atoms with Gasteiger partial charge in [-0.05, 0) is 29.3 Å². The van der Waals surface area contributed by atoms with Crippen LogP contribution in [-0.4, -0.2) is 16.4 Å². The molecule has 1 unspecified atom stereocenters. The molecule has 5 heteroatoms. The first-order valence-electron chi connectivity index (χ1n) is 6.47. The van der Waals surface area contributed by atoms with Crippen LogP contribution in [0.4, 0.5) is 0 Å². The summed E-state index contributed by atoms with van der Waals surface area (Å²) in [5.41, 5.74) is 2.32. The third kappa shape index (κ3) is 4.69. The van der Waals surface area contributed by atoms with Crippen LogP contribution in [0.5, 0.6) is 0 Å². The highest BCUT2D eigenvalue weighted by molar-refractivity contribution is 7.83. The first kappa shape index (κ1) is 15.7. The minimum atomic E-state index is -0.924. The van der Waals surface area contributed by atoms with E-state index >= 15 is 0 Å². The normalized spacial score (nSPS) is 11.9. The molecule has 2 aromatic rings. The molecular weight excluding hydrogens is 306 g/mol. The average molecular weight is 322 g/mol. The monoisotopic (exact) mass is 321 g/mol. The summed E-state index contributed by atoms with van der Waals surface area (Å²) >= 11 is 6.05. The van der Waals surface area contributed by atoms with Crippen LogP contribution < -0.4 is 5.32 Å². The predicted octanol–water partition coefficient (Wildman–Crippen LogP) is 3.15. The Bertz CT molecular complexity index is 673. The smallest absolute Gasteiger partial charge is 0.251 e. The quantitative estimate of drug-likeness (QED) is 0.919. The fourth-order valence-corrected chi connectivity index (χ4v) is 2.81. The fraction of sp³-hybridized carbons (Fsp3) is 0.188. The molecule has 0 radical (unpaired) electrons. The molecule has 3 nitrogen and oxygen atoms in total. The van der Waals surface area contributed by atoms with Crippen molar-refractivity contribution in [1.29, 1.82) is 0 Å². The molecule has 0 bridgehead atoms. The van der Waals surface area contributed by atoms with E-state index in [0.29, 0.717) is 22.9 Å². The lowest BCUT2D eigenvalue weighted by Crippen LogP contribution is -2.23. The number of hydrogen-bond acceptors (Lipinski definition) is 2. The number of carbonyl (C=O) groups is 1. The van der Waals surface area contributed by atoms with E-state index < -0.39 is 10.8 Å². The molecule has 0 fully saturated rings. The molecule has 2 rings (SSSR count). The van der Waals surface area contributed by atoms with Gasteiger partial charge < -0.3 is 5.32 Å². The van der Waals surface area contributed by atoms with E-state index in [1.807, 2.05) is 24.3 Å². The number of benzene rings is 2. The third-order valence-corrected chi connectivity index (χ3v) is 4.06. The molecule has 0 aliphatic rings. The maximum atomic E-state index is 12.1. The predicted molar refractivity (Wildman–Crippen MR) is 86.8 cm³/mol. The van der Waals surface area contributed by atoms with Gasteiger partial charge in [0.2, 0.25) is 0 Å². The molecule has 0 saturated heterocycles. The van der Waals surface area contributed by atoms with Gasteiger partial charge >= 0.3 is 0 Å². The second-order valence-electron chi connectivity index (χ2n) is 4.69. The van der Waals surface area contributed by atoms with Crippen molar-refractivity contribution in [2.75, 3.05) is 6.26 Å². The molecule has 0 saturated carbocycles. The fourth-order valence-electron chi connectivity index (χ4n) is 1.96. The first-order valence-corrected chi connectivity index (χ1v) is 8.57. The van der Waals surface area contributed by atoms with E-state index in [1.165, 1.54) is 0 Å². The number of nitrogens with one attached hydrogen (secondary N) is 1. The number of halogens is 1. The third-order valence-electron chi connectivity index (χ3n) is 2.96. The van der Waals surface area contributed by atoms with Crippen LogP contribution >= 0.6 is 11.6 Å². The van der Waals surface area contributed by atoms with Crippen LogP contribution in [0.2, 0.25) is 5.02 Å². The zero-order chi connectivity index (χ0) is 15.2. The lowest BCUT2D eigenvalue weighted by molar-refractivity contribution is 0.0951. The molecule has 0 aliphatic heterocycles. The Morgan fingerprint density at radius 1 is 1.19 bits per heavy atom. The summed E-state index contributed by atoms with van der Waals surface area (Å²) in [7, 11) is -0.924. The Hall–Kier alpha value is -1.65. The summed E-state index contributed by atoms with van der Waals surface area (Å²) in [6.45, 7) is 0.377. The maximum Gasteiger partial charge on any atom is 0.251 e. The molecule has 1 N–H and O–H groups in total. The minimum Gasteiger partial charge on any atom is -0.348 e. The van der Waals surface area contributed by atoms with Crippen LogP contribution in [0.1, 0.15) is 21.5 Å². The molecule has 21 heavy (non-hydrogen) atoms. The highest BCUT2D eigenvalue weighted by Crippen LogP contribution is 2.14. The van der Waals surface area contributed by atoms with Crippen LogP contribution in [0.25, 0.3) is 0 Å². The van der Waals surface area contributed by atoms with Gasteiger partial charge in [0.1, 0.15) is 0 Å². The number of hydrogen-bond donors (Lipinski definition) is 1. The first-order chi connectivity index (χ1) is 10.1. The zero-order valence-corrected chi connectivity index (χ0v) is 13.2. The van der Waals surface area contributed by atoms with Gasteiger partial charge in [0, 0.05) is 39.9 Å². The van der Waals surface area contributed by atoms with Crippen molar-refractivity contribution in [1.82, 2.24) is 5.32 Å². The van der Waals surface area contributed by atoms with Gasteiger partial charge in [-0.15, -0.1) is 0 Å². The molecular formula is C16H16ClNO2S. The SMILES string of the molecule is CS(=O)Cc1cccc(C(=O)NCc2ccccc2Cl)c1. The highest BCUT2D eigenvalue weighted by atomic mass is 35.5. The van der Waals surface area contributed by atoms with E-state index in [2.05, 4.69) is 5.32 Å². The van der Waals surface area contributed by atoms with Crippen molar-refractivity contribution >= 4 is 28.3 Å². The van der Waals surface area contributed by atoms with Crippen molar-refractivity contribution in [2.24, 2.45) is 0 Å². The Labute approximate surface area is 131 Å². The van der Waals surface area contributed by atoms with Gasteiger partial charge in [-0.3, -0.25) is 9.00 Å². The van der Waals surface area contributed by atoms with E-state index in [1.54, 1.807) is 30.5 Å². The van der Waals surface area contributed by atoms with Gasteiger partial charge in [0.25, 0.3) is 5.91 Å². The molecule has 0 heterocycles. The summed E-state index contributed by atoms with van der Waals surface area (Å²) in [5, 5.41) is 3.47. The van der Waals surface area contributed by atoms with Crippen LogP contribution in [0, 0.1) is 0 Å². The maximum absolute atomic E-state index is 12.1. The number of amides is 1. The van der Waals surface area contributed by atoms with Crippen molar-refractivity contribution in [3.63, 3.8) is 0 Å². The van der Waals surface area contributed by atoms with Gasteiger partial charge in [-0.1, -0.05) is 41.9 Å². The van der Waals surface area contributed by atoms with E-state index in [-0.39, 0.29) is 5.91 Å². The summed E-state index contributed by atoms with van der Waals surface area (Å²) in [6, 6.07) is 14.6. The van der Waals surface area contributed by atoms with Crippen molar-refractivity contribution in [2.45, 2.75) is 12.3 Å². The topological polar surface area (TPSA) is 46.2 Å². The number of rotatable bonds is 5. The molecule has 0 aromatic heterocycles. The minimum absolute atomic E-state index is 0.168. The van der Waals surface area contributed by atoms with Gasteiger partial charge in [0.05, 0.1) is 0 Å². The van der Waals surface area contributed by atoms with Crippen LogP contribution in [0.3, 0.4) is 0 Å². The van der Waals surface area contributed by atoms with Crippen LogP contribution in [-0.2, 0) is 23.1 Å². The molecule has 1 amide bonds. The van der Waals surface area contributed by atoms with Gasteiger partial charge in [-0.25, -0.2) is 0 Å². The second kappa shape index (κ2) is 7.38. The Morgan fingerprint density at radius 3 is 2.67 bits per heavy atom. The lowest BCUT2D eigenvalue weighted by atomic mass is 10.1. The molecule has 0 spiro atoms. The van der Waals surface area contributed by atoms with E-state index in [9.17, 15) is 9.00 Å². The Morgan fingerprint density at radius 2 is 1.95 bits per heavy atom. The second-order valence-corrected chi connectivity index (χ2v) is 6.53. The number of carbonyl (C=O) groups excluding carboxylic acids is 1.